The number of aliphatic carboxylic acids is 1. The molecule has 1 aliphatic heterocycles. The second-order valence-electron chi connectivity index (χ2n) is 4.08. The van der Waals surface area contributed by atoms with Crippen LogP contribution in [0.15, 0.2) is 17.6 Å². The number of carboxylic acids is 1. The van der Waals surface area contributed by atoms with Crippen LogP contribution in [-0.2, 0) is 4.79 Å². The van der Waals surface area contributed by atoms with Gasteiger partial charge >= 0.3 is 5.97 Å². The summed E-state index contributed by atoms with van der Waals surface area (Å²) in [4.78, 5) is 15.6. The van der Waals surface area contributed by atoms with Crippen LogP contribution in [0.3, 0.4) is 0 Å². The average molecular weight is 241 g/mol. The number of carbonyl (C=O) groups is 1. The normalized spacial score (nSPS) is 24.2. The SMILES string of the molecule is C=CCC1(C(=O)O)CSC(CCCCC)=N1. The first-order valence-electron chi connectivity index (χ1n) is 5.70. The van der Waals surface area contributed by atoms with Crippen LogP contribution in [-0.4, -0.2) is 27.4 Å². The van der Waals surface area contributed by atoms with Gasteiger partial charge in [0.25, 0.3) is 0 Å². The van der Waals surface area contributed by atoms with E-state index >= 15 is 0 Å². The molecule has 0 radical (unpaired) electrons. The van der Waals surface area contributed by atoms with Gasteiger partial charge in [0.1, 0.15) is 0 Å². The molecule has 3 nitrogen and oxygen atoms in total. The highest BCUT2D eigenvalue weighted by molar-refractivity contribution is 8.14. The molecular weight excluding hydrogens is 222 g/mol. The molecule has 90 valence electrons. The summed E-state index contributed by atoms with van der Waals surface area (Å²) in [5.74, 6) is -0.277. The molecule has 1 aliphatic rings. The highest BCUT2D eigenvalue weighted by atomic mass is 32.2. The zero-order chi connectivity index (χ0) is 12.0. The van der Waals surface area contributed by atoms with Crippen molar-refractivity contribution in [2.45, 2.75) is 44.6 Å². The fraction of sp³-hybridized carbons (Fsp3) is 0.667. The van der Waals surface area contributed by atoms with Crippen molar-refractivity contribution in [2.75, 3.05) is 5.75 Å². The van der Waals surface area contributed by atoms with E-state index in [-0.39, 0.29) is 0 Å². The number of hydrogen-bond acceptors (Lipinski definition) is 3. The molecule has 0 aromatic heterocycles. The number of carboxylic acid groups (broad SMARTS) is 1. The molecule has 16 heavy (non-hydrogen) atoms. The van der Waals surface area contributed by atoms with E-state index in [0.717, 1.165) is 17.9 Å². The van der Waals surface area contributed by atoms with E-state index in [1.165, 1.54) is 12.8 Å². The second-order valence-corrected chi connectivity index (χ2v) is 5.13. The van der Waals surface area contributed by atoms with E-state index in [9.17, 15) is 9.90 Å². The molecule has 4 heteroatoms. The first-order valence-corrected chi connectivity index (χ1v) is 6.69. The smallest absolute Gasteiger partial charge is 0.332 e. The van der Waals surface area contributed by atoms with Crippen molar-refractivity contribution in [1.82, 2.24) is 0 Å². The Kier molecular flexibility index (Phi) is 5.06. The number of unbranched alkanes of at least 4 members (excludes halogenated alkanes) is 2. The maximum Gasteiger partial charge on any atom is 0.332 e. The molecule has 1 unspecified atom stereocenters. The quantitative estimate of drug-likeness (QED) is 0.550. The maximum atomic E-state index is 11.2. The van der Waals surface area contributed by atoms with Gasteiger partial charge in [0, 0.05) is 12.2 Å². The largest absolute Gasteiger partial charge is 0.479 e. The Morgan fingerprint density at radius 2 is 2.44 bits per heavy atom. The topological polar surface area (TPSA) is 49.7 Å². The predicted molar refractivity (Wildman–Crippen MR) is 69.2 cm³/mol. The molecule has 0 spiro atoms. The number of nitrogens with zero attached hydrogens (tertiary/aromatic N) is 1. The molecular formula is C12H19NO2S. The van der Waals surface area contributed by atoms with Gasteiger partial charge < -0.3 is 5.11 Å². The van der Waals surface area contributed by atoms with Gasteiger partial charge in [-0.15, -0.1) is 18.3 Å². The Balaban J connectivity index is 2.62. The molecule has 0 aliphatic carbocycles. The van der Waals surface area contributed by atoms with Gasteiger partial charge in [0.2, 0.25) is 0 Å². The standard InChI is InChI=1S/C12H19NO2S/c1-3-5-6-7-10-13-12(8-4-2,9-16-10)11(14)15/h4H,2-3,5-9H2,1H3,(H,14,15). The number of hydrogen-bond donors (Lipinski definition) is 1. The lowest BCUT2D eigenvalue weighted by atomic mass is 9.99. The summed E-state index contributed by atoms with van der Waals surface area (Å²) in [6.07, 6.45) is 6.45. The first kappa shape index (κ1) is 13.3. The van der Waals surface area contributed by atoms with Gasteiger partial charge in [0.05, 0.1) is 5.04 Å². The summed E-state index contributed by atoms with van der Waals surface area (Å²) >= 11 is 1.59. The van der Waals surface area contributed by atoms with Crippen molar-refractivity contribution < 1.29 is 9.90 Å². The highest BCUT2D eigenvalue weighted by Gasteiger charge is 2.41. The van der Waals surface area contributed by atoms with E-state index in [2.05, 4.69) is 18.5 Å². The summed E-state index contributed by atoms with van der Waals surface area (Å²) in [5.41, 5.74) is -0.937. The second kappa shape index (κ2) is 6.09. The molecule has 0 fully saturated rings. The molecule has 1 atom stereocenters. The van der Waals surface area contributed by atoms with E-state index < -0.39 is 11.5 Å². The fourth-order valence-electron chi connectivity index (χ4n) is 1.70. The summed E-state index contributed by atoms with van der Waals surface area (Å²) in [7, 11) is 0. The zero-order valence-corrected chi connectivity index (χ0v) is 10.6. The van der Waals surface area contributed by atoms with Gasteiger partial charge in [-0.2, -0.15) is 0 Å². The molecule has 1 N–H and O–H groups in total. The molecule has 0 aromatic carbocycles. The average Bonchev–Trinajstić information content (AvgIpc) is 2.64. The maximum absolute atomic E-state index is 11.2. The number of rotatable bonds is 7. The van der Waals surface area contributed by atoms with E-state index in [0.29, 0.717) is 12.2 Å². The monoisotopic (exact) mass is 241 g/mol. The molecule has 0 saturated carbocycles. The third-order valence-electron chi connectivity index (χ3n) is 2.69. The van der Waals surface area contributed by atoms with Gasteiger partial charge in [-0.1, -0.05) is 25.8 Å². The van der Waals surface area contributed by atoms with Crippen LogP contribution in [0.4, 0.5) is 0 Å². The lowest BCUT2D eigenvalue weighted by Gasteiger charge is -2.17. The summed E-state index contributed by atoms with van der Waals surface area (Å²) < 4.78 is 0. The van der Waals surface area contributed by atoms with Crippen molar-refractivity contribution in [3.63, 3.8) is 0 Å². The van der Waals surface area contributed by atoms with Crippen molar-refractivity contribution in [3.8, 4) is 0 Å². The molecule has 0 amide bonds. The summed E-state index contributed by atoms with van der Waals surface area (Å²) in [6.45, 7) is 5.77. The van der Waals surface area contributed by atoms with Crippen molar-refractivity contribution in [1.29, 1.82) is 0 Å². The number of thioether (sulfide) groups is 1. The van der Waals surface area contributed by atoms with Crippen LogP contribution < -0.4 is 0 Å². The van der Waals surface area contributed by atoms with Crippen LogP contribution in [0, 0.1) is 0 Å². The summed E-state index contributed by atoms with van der Waals surface area (Å²) in [5, 5.41) is 10.2. The number of aliphatic imine (C=N–C) groups is 1. The molecule has 1 rings (SSSR count). The lowest BCUT2D eigenvalue weighted by Crippen LogP contribution is -2.36. The molecule has 0 aromatic rings. The predicted octanol–water partition coefficient (Wildman–Crippen LogP) is 3.11. The van der Waals surface area contributed by atoms with E-state index in [1.807, 2.05) is 0 Å². The Labute approximate surface area is 101 Å². The lowest BCUT2D eigenvalue weighted by molar-refractivity contribution is -0.142. The van der Waals surface area contributed by atoms with E-state index in [4.69, 9.17) is 0 Å². The van der Waals surface area contributed by atoms with Gasteiger partial charge in [-0.3, -0.25) is 4.99 Å². The van der Waals surface area contributed by atoms with Crippen LogP contribution in [0.5, 0.6) is 0 Å². The van der Waals surface area contributed by atoms with Crippen molar-refractivity contribution in [3.05, 3.63) is 12.7 Å². The first-order chi connectivity index (χ1) is 7.64. The van der Waals surface area contributed by atoms with Crippen LogP contribution in [0.25, 0.3) is 0 Å². The third-order valence-corrected chi connectivity index (χ3v) is 3.94. The Morgan fingerprint density at radius 1 is 1.69 bits per heavy atom. The van der Waals surface area contributed by atoms with E-state index in [1.54, 1.807) is 17.8 Å². The van der Waals surface area contributed by atoms with Gasteiger partial charge in [-0.25, -0.2) is 4.79 Å². The Bertz CT molecular complexity index is 301. The third kappa shape index (κ3) is 3.11. The van der Waals surface area contributed by atoms with Crippen LogP contribution >= 0.6 is 11.8 Å². The molecule has 0 saturated heterocycles. The van der Waals surface area contributed by atoms with Crippen molar-refractivity contribution >= 4 is 22.8 Å². The van der Waals surface area contributed by atoms with Gasteiger partial charge in [0.15, 0.2) is 5.54 Å². The summed E-state index contributed by atoms with van der Waals surface area (Å²) in [6, 6.07) is 0. The van der Waals surface area contributed by atoms with Crippen molar-refractivity contribution in [2.24, 2.45) is 4.99 Å². The highest BCUT2D eigenvalue weighted by Crippen LogP contribution is 2.33. The minimum Gasteiger partial charge on any atom is -0.479 e. The minimum absolute atomic E-state index is 0.423. The molecule has 0 bridgehead atoms. The molecule has 1 heterocycles. The minimum atomic E-state index is -0.937. The fourth-order valence-corrected chi connectivity index (χ4v) is 2.94. The Hall–Kier alpha value is -0.770. The Morgan fingerprint density at radius 3 is 3.00 bits per heavy atom. The zero-order valence-electron chi connectivity index (χ0n) is 9.74. The van der Waals surface area contributed by atoms with Crippen LogP contribution in [0.2, 0.25) is 0 Å². The van der Waals surface area contributed by atoms with Gasteiger partial charge in [-0.05, 0) is 12.8 Å². The van der Waals surface area contributed by atoms with Crippen LogP contribution in [0.1, 0.15) is 39.0 Å².